The molecule has 0 radical (unpaired) electrons. The van der Waals surface area contributed by atoms with Crippen LogP contribution in [0.25, 0.3) is 0 Å². The summed E-state index contributed by atoms with van der Waals surface area (Å²) in [5.74, 6) is -0.856. The average Bonchev–Trinajstić information content (AvgIpc) is 2.79. The zero-order valence-electron chi connectivity index (χ0n) is 9.14. The van der Waals surface area contributed by atoms with Crippen molar-refractivity contribution in [1.82, 2.24) is 10.6 Å². The van der Waals surface area contributed by atoms with Crippen molar-refractivity contribution >= 4 is 11.8 Å². The Morgan fingerprint density at radius 3 is 3.00 bits per heavy atom. The van der Waals surface area contributed by atoms with E-state index in [0.29, 0.717) is 6.54 Å². The van der Waals surface area contributed by atoms with E-state index in [1.54, 1.807) is 0 Å². The molecule has 0 saturated carbocycles. The van der Waals surface area contributed by atoms with Gasteiger partial charge in [0.15, 0.2) is 5.76 Å². The van der Waals surface area contributed by atoms with Gasteiger partial charge in [0, 0.05) is 12.6 Å². The standard InChI is InChI=1S/C10H13N3O4/c14-10(12-7-2-1-5-11-6-7)8-3-4-9(17-8)13(15)16/h3-4,7,11H,1-2,5-6H2,(H,12,14). The van der Waals surface area contributed by atoms with Crippen LogP contribution in [0.1, 0.15) is 23.4 Å². The molecule has 0 aliphatic carbocycles. The Kier molecular flexibility index (Phi) is 3.38. The molecule has 17 heavy (non-hydrogen) atoms. The third kappa shape index (κ3) is 2.82. The molecule has 1 amide bonds. The van der Waals surface area contributed by atoms with Gasteiger partial charge >= 0.3 is 5.88 Å². The fraction of sp³-hybridized carbons (Fsp3) is 0.500. The second-order valence-corrected chi connectivity index (χ2v) is 3.91. The number of carbonyl (C=O) groups is 1. The van der Waals surface area contributed by atoms with Gasteiger partial charge in [-0.25, -0.2) is 0 Å². The number of nitrogens with one attached hydrogen (secondary N) is 2. The molecule has 0 aromatic carbocycles. The summed E-state index contributed by atoms with van der Waals surface area (Å²) in [5, 5.41) is 16.3. The third-order valence-corrected chi connectivity index (χ3v) is 2.63. The summed E-state index contributed by atoms with van der Waals surface area (Å²) in [7, 11) is 0. The summed E-state index contributed by atoms with van der Waals surface area (Å²) >= 11 is 0. The van der Waals surface area contributed by atoms with Crippen molar-refractivity contribution in [3.63, 3.8) is 0 Å². The van der Waals surface area contributed by atoms with Gasteiger partial charge in [-0.3, -0.25) is 14.9 Å². The van der Waals surface area contributed by atoms with Gasteiger partial charge in [-0.15, -0.1) is 0 Å². The fourth-order valence-corrected chi connectivity index (χ4v) is 1.78. The van der Waals surface area contributed by atoms with Crippen LogP contribution in [0.4, 0.5) is 5.88 Å². The molecule has 7 heteroatoms. The maximum atomic E-state index is 11.7. The maximum Gasteiger partial charge on any atom is 0.433 e. The molecule has 1 atom stereocenters. The minimum atomic E-state index is -0.668. The van der Waals surface area contributed by atoms with Crippen LogP contribution in [0.2, 0.25) is 0 Å². The minimum absolute atomic E-state index is 0.0257. The highest BCUT2D eigenvalue weighted by atomic mass is 16.6. The van der Waals surface area contributed by atoms with E-state index in [9.17, 15) is 14.9 Å². The highest BCUT2D eigenvalue weighted by Crippen LogP contribution is 2.15. The largest absolute Gasteiger partial charge is 0.433 e. The average molecular weight is 239 g/mol. The zero-order valence-corrected chi connectivity index (χ0v) is 9.14. The first-order valence-electron chi connectivity index (χ1n) is 5.42. The second kappa shape index (κ2) is 4.96. The molecule has 0 spiro atoms. The van der Waals surface area contributed by atoms with Crippen molar-refractivity contribution in [1.29, 1.82) is 0 Å². The lowest BCUT2D eigenvalue weighted by Crippen LogP contribution is -2.45. The van der Waals surface area contributed by atoms with Gasteiger partial charge in [-0.2, -0.15) is 0 Å². The number of hydrogen-bond acceptors (Lipinski definition) is 5. The number of furan rings is 1. The van der Waals surface area contributed by atoms with Crippen LogP contribution >= 0.6 is 0 Å². The Labute approximate surface area is 97.3 Å². The molecule has 1 aliphatic heterocycles. The number of carbonyl (C=O) groups excluding carboxylic acids is 1. The quantitative estimate of drug-likeness (QED) is 0.596. The van der Waals surface area contributed by atoms with Gasteiger partial charge in [0.25, 0.3) is 5.91 Å². The third-order valence-electron chi connectivity index (χ3n) is 2.63. The molecule has 1 aromatic heterocycles. The minimum Gasteiger partial charge on any atom is -0.395 e. The summed E-state index contributed by atoms with van der Waals surface area (Å²) in [6.45, 7) is 1.67. The molecule has 92 valence electrons. The van der Waals surface area contributed by atoms with Gasteiger partial charge in [0.1, 0.15) is 4.92 Å². The van der Waals surface area contributed by atoms with Crippen LogP contribution in [0.5, 0.6) is 0 Å². The number of hydrogen-bond donors (Lipinski definition) is 2. The zero-order chi connectivity index (χ0) is 12.3. The number of nitrogens with zero attached hydrogens (tertiary/aromatic N) is 1. The second-order valence-electron chi connectivity index (χ2n) is 3.91. The molecular weight excluding hydrogens is 226 g/mol. The summed E-state index contributed by atoms with van der Waals surface area (Å²) in [5.41, 5.74) is 0. The van der Waals surface area contributed by atoms with E-state index in [2.05, 4.69) is 10.6 Å². The smallest absolute Gasteiger partial charge is 0.395 e. The van der Waals surface area contributed by atoms with Gasteiger partial charge in [-0.1, -0.05) is 0 Å². The van der Waals surface area contributed by atoms with Crippen molar-refractivity contribution in [3.8, 4) is 0 Å². The fourth-order valence-electron chi connectivity index (χ4n) is 1.78. The highest BCUT2D eigenvalue weighted by Gasteiger charge is 2.20. The topological polar surface area (TPSA) is 97.4 Å². The monoisotopic (exact) mass is 239 g/mol. The van der Waals surface area contributed by atoms with Gasteiger partial charge in [0.05, 0.1) is 6.07 Å². The van der Waals surface area contributed by atoms with Crippen LogP contribution < -0.4 is 10.6 Å². The molecule has 2 rings (SSSR count). The van der Waals surface area contributed by atoms with Crippen LogP contribution in [0, 0.1) is 10.1 Å². The van der Waals surface area contributed by atoms with E-state index in [0.717, 1.165) is 19.4 Å². The van der Waals surface area contributed by atoms with Crippen LogP contribution in [-0.4, -0.2) is 30.0 Å². The van der Waals surface area contributed by atoms with E-state index in [-0.39, 0.29) is 11.8 Å². The van der Waals surface area contributed by atoms with Crippen molar-refractivity contribution in [2.75, 3.05) is 13.1 Å². The van der Waals surface area contributed by atoms with E-state index in [4.69, 9.17) is 4.42 Å². The van der Waals surface area contributed by atoms with E-state index in [1.807, 2.05) is 0 Å². The Balaban J connectivity index is 1.96. The first-order chi connectivity index (χ1) is 8.16. The maximum absolute atomic E-state index is 11.7. The first kappa shape index (κ1) is 11.6. The molecule has 1 aliphatic rings. The van der Waals surface area contributed by atoms with Crippen molar-refractivity contribution in [2.24, 2.45) is 0 Å². The lowest BCUT2D eigenvalue weighted by molar-refractivity contribution is -0.402. The van der Waals surface area contributed by atoms with Crippen LogP contribution in [0.3, 0.4) is 0 Å². The molecule has 2 heterocycles. The molecule has 1 unspecified atom stereocenters. The summed E-state index contributed by atoms with van der Waals surface area (Å²) in [6, 6.07) is 2.54. The highest BCUT2D eigenvalue weighted by molar-refractivity contribution is 5.91. The Hall–Kier alpha value is -1.89. The Morgan fingerprint density at radius 1 is 1.59 bits per heavy atom. The number of nitro groups is 1. The number of amides is 1. The van der Waals surface area contributed by atoms with Gasteiger partial charge in [0.2, 0.25) is 0 Å². The molecular formula is C10H13N3O4. The van der Waals surface area contributed by atoms with E-state index in [1.165, 1.54) is 12.1 Å². The van der Waals surface area contributed by atoms with Crippen molar-refractivity contribution in [2.45, 2.75) is 18.9 Å². The first-order valence-corrected chi connectivity index (χ1v) is 5.42. The predicted octanol–water partition coefficient (Wildman–Crippen LogP) is 0.670. The van der Waals surface area contributed by atoms with Crippen LogP contribution in [-0.2, 0) is 0 Å². The van der Waals surface area contributed by atoms with Crippen molar-refractivity contribution in [3.05, 3.63) is 28.0 Å². The van der Waals surface area contributed by atoms with E-state index >= 15 is 0 Å². The molecule has 1 fully saturated rings. The Morgan fingerprint density at radius 2 is 2.41 bits per heavy atom. The van der Waals surface area contributed by atoms with Crippen LogP contribution in [0.15, 0.2) is 16.5 Å². The lowest BCUT2D eigenvalue weighted by atomic mass is 10.1. The lowest BCUT2D eigenvalue weighted by Gasteiger charge is -2.23. The Bertz CT molecular complexity index is 423. The molecule has 0 bridgehead atoms. The van der Waals surface area contributed by atoms with Crippen molar-refractivity contribution < 1.29 is 14.1 Å². The molecule has 2 N–H and O–H groups in total. The number of rotatable bonds is 3. The van der Waals surface area contributed by atoms with Gasteiger partial charge in [-0.05, 0) is 25.5 Å². The summed E-state index contributed by atoms with van der Waals surface area (Å²) < 4.78 is 4.82. The summed E-state index contributed by atoms with van der Waals surface area (Å²) in [4.78, 5) is 21.4. The molecule has 1 saturated heterocycles. The molecule has 1 aromatic rings. The SMILES string of the molecule is O=C(NC1CCCNC1)c1ccc([N+](=O)[O-])o1. The van der Waals surface area contributed by atoms with Gasteiger partial charge < -0.3 is 15.1 Å². The summed E-state index contributed by atoms with van der Waals surface area (Å²) in [6.07, 6.45) is 1.91. The molecule has 7 nitrogen and oxygen atoms in total. The van der Waals surface area contributed by atoms with E-state index < -0.39 is 16.7 Å². The normalized spacial score (nSPS) is 19.9. The number of piperidine rings is 1. The predicted molar refractivity (Wildman–Crippen MR) is 58.7 cm³/mol.